The number of hydrogen-bond donors (Lipinski definition) is 1. The third-order valence-electron chi connectivity index (χ3n) is 2.85. The van der Waals surface area contributed by atoms with Crippen LogP contribution in [0.4, 0.5) is 0 Å². The second-order valence-corrected chi connectivity index (χ2v) is 4.33. The standard InChI is InChI=1S/C13H14O5/c1-3-17-8-4-5-9-10(14)7-13(2,12(15)16)18-11(9)6-8/h4-6H,3,7H2,1-2H3,(H,15,16). The van der Waals surface area contributed by atoms with Crippen LogP contribution in [0.5, 0.6) is 11.5 Å². The van der Waals surface area contributed by atoms with Crippen LogP contribution >= 0.6 is 0 Å². The van der Waals surface area contributed by atoms with Crippen LogP contribution in [0, 0.1) is 0 Å². The van der Waals surface area contributed by atoms with Gasteiger partial charge in [-0.05, 0) is 26.0 Å². The molecule has 0 amide bonds. The van der Waals surface area contributed by atoms with E-state index in [2.05, 4.69) is 0 Å². The number of carboxylic acid groups (broad SMARTS) is 1. The largest absolute Gasteiger partial charge is 0.494 e. The fourth-order valence-electron chi connectivity index (χ4n) is 1.87. The summed E-state index contributed by atoms with van der Waals surface area (Å²) in [6.07, 6.45) is -0.163. The van der Waals surface area contributed by atoms with E-state index in [9.17, 15) is 9.59 Å². The molecule has 1 N–H and O–H groups in total. The molecular weight excluding hydrogens is 236 g/mol. The summed E-state index contributed by atoms with van der Waals surface area (Å²) in [4.78, 5) is 23.0. The van der Waals surface area contributed by atoms with E-state index in [1.54, 1.807) is 18.2 Å². The lowest BCUT2D eigenvalue weighted by atomic mass is 9.91. The molecule has 1 atom stereocenters. The van der Waals surface area contributed by atoms with Gasteiger partial charge in [-0.15, -0.1) is 0 Å². The number of Topliss-reactive ketones (excluding diaryl/α,β-unsaturated/α-hetero) is 1. The van der Waals surface area contributed by atoms with Gasteiger partial charge in [0.25, 0.3) is 0 Å². The molecule has 1 aromatic rings. The molecule has 0 aliphatic carbocycles. The molecule has 2 rings (SSSR count). The second-order valence-electron chi connectivity index (χ2n) is 4.33. The minimum absolute atomic E-state index is 0.163. The van der Waals surface area contributed by atoms with E-state index in [0.717, 1.165) is 0 Å². The predicted molar refractivity (Wildman–Crippen MR) is 63.2 cm³/mol. The predicted octanol–water partition coefficient (Wildman–Crippen LogP) is 1.89. The Labute approximate surface area is 104 Å². The fraction of sp³-hybridized carbons (Fsp3) is 0.385. The molecule has 0 saturated carbocycles. The molecule has 1 aliphatic rings. The number of carbonyl (C=O) groups is 2. The van der Waals surface area contributed by atoms with Crippen molar-refractivity contribution < 1.29 is 24.2 Å². The van der Waals surface area contributed by atoms with E-state index < -0.39 is 11.6 Å². The van der Waals surface area contributed by atoms with Crippen LogP contribution in [0.3, 0.4) is 0 Å². The fourth-order valence-corrected chi connectivity index (χ4v) is 1.87. The minimum atomic E-state index is -1.51. The zero-order valence-corrected chi connectivity index (χ0v) is 10.2. The first-order chi connectivity index (χ1) is 8.46. The Kier molecular flexibility index (Phi) is 2.98. The number of rotatable bonds is 3. The zero-order chi connectivity index (χ0) is 13.3. The first-order valence-corrected chi connectivity index (χ1v) is 5.69. The number of ether oxygens (including phenoxy) is 2. The van der Waals surface area contributed by atoms with Crippen molar-refractivity contribution in [3.8, 4) is 11.5 Å². The van der Waals surface area contributed by atoms with Crippen molar-refractivity contribution in [2.45, 2.75) is 25.9 Å². The van der Waals surface area contributed by atoms with E-state index in [1.807, 2.05) is 6.92 Å². The number of aliphatic carboxylic acids is 1. The van der Waals surface area contributed by atoms with Gasteiger partial charge in [-0.2, -0.15) is 0 Å². The van der Waals surface area contributed by atoms with Crippen LogP contribution in [-0.2, 0) is 4.79 Å². The number of ketones is 1. The van der Waals surface area contributed by atoms with Crippen LogP contribution in [0.25, 0.3) is 0 Å². The maximum Gasteiger partial charge on any atom is 0.348 e. The number of benzene rings is 1. The smallest absolute Gasteiger partial charge is 0.348 e. The molecule has 5 nitrogen and oxygen atoms in total. The molecule has 0 aromatic heterocycles. The number of carbonyl (C=O) groups excluding carboxylic acids is 1. The highest BCUT2D eigenvalue weighted by Crippen LogP contribution is 2.35. The van der Waals surface area contributed by atoms with Crippen molar-refractivity contribution in [1.82, 2.24) is 0 Å². The van der Waals surface area contributed by atoms with E-state index in [0.29, 0.717) is 17.9 Å². The summed E-state index contributed by atoms with van der Waals surface area (Å²) in [5, 5.41) is 9.11. The number of fused-ring (bicyclic) bond motifs is 1. The second kappa shape index (κ2) is 4.33. The van der Waals surface area contributed by atoms with Crippen LogP contribution in [0.2, 0.25) is 0 Å². The molecule has 96 valence electrons. The highest BCUT2D eigenvalue weighted by Gasteiger charge is 2.43. The van der Waals surface area contributed by atoms with Gasteiger partial charge in [0.1, 0.15) is 11.5 Å². The summed E-state index contributed by atoms with van der Waals surface area (Å²) in [5.74, 6) is -0.562. The lowest BCUT2D eigenvalue weighted by Gasteiger charge is -2.31. The van der Waals surface area contributed by atoms with Crippen LogP contribution in [-0.4, -0.2) is 29.1 Å². The highest BCUT2D eigenvalue weighted by atomic mass is 16.5. The third-order valence-corrected chi connectivity index (χ3v) is 2.85. The zero-order valence-electron chi connectivity index (χ0n) is 10.2. The van der Waals surface area contributed by atoms with Gasteiger partial charge in [-0.1, -0.05) is 0 Å². The molecular formula is C13H14O5. The molecule has 0 bridgehead atoms. The van der Waals surface area contributed by atoms with Gasteiger partial charge < -0.3 is 14.6 Å². The Hall–Kier alpha value is -2.04. The van der Waals surface area contributed by atoms with Crippen LogP contribution < -0.4 is 9.47 Å². The van der Waals surface area contributed by atoms with Gasteiger partial charge in [0.15, 0.2) is 5.78 Å². The van der Waals surface area contributed by atoms with E-state index in [4.69, 9.17) is 14.6 Å². The van der Waals surface area contributed by atoms with Crippen molar-refractivity contribution in [3.63, 3.8) is 0 Å². The topological polar surface area (TPSA) is 72.8 Å². The van der Waals surface area contributed by atoms with Crippen molar-refractivity contribution in [2.75, 3.05) is 6.61 Å². The lowest BCUT2D eigenvalue weighted by molar-refractivity contribution is -0.154. The summed E-state index contributed by atoms with van der Waals surface area (Å²) < 4.78 is 10.7. The van der Waals surface area contributed by atoms with Crippen LogP contribution in [0.15, 0.2) is 18.2 Å². The number of carboxylic acids is 1. The molecule has 18 heavy (non-hydrogen) atoms. The molecule has 0 spiro atoms. The maximum atomic E-state index is 11.9. The summed E-state index contributed by atoms with van der Waals surface area (Å²) in [6.45, 7) is 3.72. The van der Waals surface area contributed by atoms with Crippen molar-refractivity contribution in [3.05, 3.63) is 23.8 Å². The summed E-state index contributed by atoms with van der Waals surface area (Å²) in [7, 11) is 0. The van der Waals surface area contributed by atoms with Crippen molar-refractivity contribution in [1.29, 1.82) is 0 Å². The molecule has 1 aliphatic heterocycles. The first kappa shape index (κ1) is 12.4. The van der Waals surface area contributed by atoms with Crippen molar-refractivity contribution in [2.24, 2.45) is 0 Å². The van der Waals surface area contributed by atoms with Crippen LogP contribution in [0.1, 0.15) is 30.6 Å². The van der Waals surface area contributed by atoms with Gasteiger partial charge in [-0.25, -0.2) is 4.79 Å². The van der Waals surface area contributed by atoms with Gasteiger partial charge in [0.05, 0.1) is 18.6 Å². The van der Waals surface area contributed by atoms with Gasteiger partial charge >= 0.3 is 5.97 Å². The molecule has 0 radical (unpaired) electrons. The van der Waals surface area contributed by atoms with Crippen molar-refractivity contribution >= 4 is 11.8 Å². The average Bonchev–Trinajstić information content (AvgIpc) is 2.28. The summed E-state index contributed by atoms with van der Waals surface area (Å²) in [6, 6.07) is 4.83. The molecule has 0 fully saturated rings. The van der Waals surface area contributed by atoms with E-state index in [1.165, 1.54) is 6.92 Å². The molecule has 5 heteroatoms. The SMILES string of the molecule is CCOc1ccc2c(c1)OC(C)(C(=O)O)CC2=O. The summed E-state index contributed by atoms with van der Waals surface area (Å²) in [5.41, 5.74) is -1.10. The maximum absolute atomic E-state index is 11.9. The van der Waals surface area contributed by atoms with E-state index in [-0.39, 0.29) is 18.0 Å². The number of hydrogen-bond acceptors (Lipinski definition) is 4. The average molecular weight is 250 g/mol. The minimum Gasteiger partial charge on any atom is -0.494 e. The quantitative estimate of drug-likeness (QED) is 0.886. The Morgan fingerprint density at radius 2 is 2.28 bits per heavy atom. The van der Waals surface area contributed by atoms with Gasteiger partial charge in [0, 0.05) is 6.07 Å². The normalized spacial score (nSPS) is 22.0. The Balaban J connectivity index is 2.41. The van der Waals surface area contributed by atoms with E-state index >= 15 is 0 Å². The lowest BCUT2D eigenvalue weighted by Crippen LogP contribution is -2.46. The monoisotopic (exact) mass is 250 g/mol. The molecule has 1 unspecified atom stereocenters. The Morgan fingerprint density at radius 1 is 1.56 bits per heavy atom. The molecule has 1 aromatic carbocycles. The molecule has 1 heterocycles. The highest BCUT2D eigenvalue weighted by molar-refractivity contribution is 6.03. The van der Waals surface area contributed by atoms with Gasteiger partial charge in [-0.3, -0.25) is 4.79 Å². The first-order valence-electron chi connectivity index (χ1n) is 5.69. The Morgan fingerprint density at radius 3 is 2.89 bits per heavy atom. The van der Waals surface area contributed by atoms with Gasteiger partial charge in [0.2, 0.25) is 5.60 Å². The third kappa shape index (κ3) is 2.03. The molecule has 0 saturated heterocycles. The Bertz CT molecular complexity index is 508. The summed E-state index contributed by atoms with van der Waals surface area (Å²) >= 11 is 0.